The molecule has 18 heavy (non-hydrogen) atoms. The molecule has 0 aromatic rings. The van der Waals surface area contributed by atoms with Gasteiger partial charge < -0.3 is 0 Å². The number of nitrogens with zero attached hydrogens (tertiary/aromatic N) is 1. The number of carbonyl (C=O) groups excluding carboxylic acids is 1. The Balaban J connectivity index is 1.85. The molecule has 102 valence electrons. The van der Waals surface area contributed by atoms with E-state index in [4.69, 9.17) is 0 Å². The minimum atomic E-state index is 0.247. The Morgan fingerprint density at radius 3 is 2.56 bits per heavy atom. The number of likely N-dealkylation sites (tertiary alicyclic amines) is 1. The first-order chi connectivity index (χ1) is 8.34. The SMILES string of the molecule is CC1CN(C2C3(C)CCC(C3)C2(C)C)CCC1=O. The summed E-state index contributed by atoms with van der Waals surface area (Å²) in [6.45, 7) is 11.5. The minimum absolute atomic E-state index is 0.247. The summed E-state index contributed by atoms with van der Waals surface area (Å²) in [7, 11) is 0. The van der Waals surface area contributed by atoms with Crippen LogP contribution in [-0.4, -0.2) is 29.8 Å². The van der Waals surface area contributed by atoms with Crippen LogP contribution >= 0.6 is 0 Å². The number of Topliss-reactive ketones (excluding diaryl/α,β-unsaturated/α-hetero) is 1. The van der Waals surface area contributed by atoms with Crippen LogP contribution in [0.2, 0.25) is 0 Å². The van der Waals surface area contributed by atoms with Crippen LogP contribution in [0.1, 0.15) is 53.4 Å². The maximum Gasteiger partial charge on any atom is 0.138 e. The Bertz CT molecular complexity index is 371. The monoisotopic (exact) mass is 249 g/mol. The molecule has 1 heterocycles. The van der Waals surface area contributed by atoms with Crippen molar-refractivity contribution in [3.05, 3.63) is 0 Å². The lowest BCUT2D eigenvalue weighted by Crippen LogP contribution is -2.56. The van der Waals surface area contributed by atoms with E-state index >= 15 is 0 Å². The van der Waals surface area contributed by atoms with E-state index in [1.165, 1.54) is 19.3 Å². The topological polar surface area (TPSA) is 20.3 Å². The molecule has 2 saturated carbocycles. The summed E-state index contributed by atoms with van der Waals surface area (Å²) in [5.41, 5.74) is 0.946. The van der Waals surface area contributed by atoms with E-state index in [0.29, 0.717) is 22.7 Å². The Morgan fingerprint density at radius 2 is 2.00 bits per heavy atom. The van der Waals surface area contributed by atoms with Gasteiger partial charge in [-0.1, -0.05) is 27.7 Å². The third kappa shape index (κ3) is 1.61. The van der Waals surface area contributed by atoms with Crippen LogP contribution in [0.25, 0.3) is 0 Å². The van der Waals surface area contributed by atoms with Crippen LogP contribution in [0.4, 0.5) is 0 Å². The van der Waals surface area contributed by atoms with Gasteiger partial charge in [0.25, 0.3) is 0 Å². The Morgan fingerprint density at radius 1 is 1.28 bits per heavy atom. The number of rotatable bonds is 1. The molecule has 0 amide bonds. The van der Waals surface area contributed by atoms with Gasteiger partial charge in [-0.25, -0.2) is 0 Å². The van der Waals surface area contributed by atoms with Gasteiger partial charge >= 0.3 is 0 Å². The van der Waals surface area contributed by atoms with Gasteiger partial charge in [0.2, 0.25) is 0 Å². The second-order valence-electron chi connectivity index (χ2n) is 7.93. The summed E-state index contributed by atoms with van der Waals surface area (Å²) in [5.74, 6) is 1.62. The fraction of sp³-hybridized carbons (Fsp3) is 0.938. The average molecular weight is 249 g/mol. The molecule has 0 N–H and O–H groups in total. The Kier molecular flexibility index (Phi) is 2.68. The predicted molar refractivity (Wildman–Crippen MR) is 73.4 cm³/mol. The third-order valence-electron chi connectivity index (χ3n) is 6.26. The largest absolute Gasteiger partial charge is 0.299 e. The van der Waals surface area contributed by atoms with E-state index in [1.54, 1.807) is 0 Å². The van der Waals surface area contributed by atoms with Gasteiger partial charge in [-0.05, 0) is 36.0 Å². The van der Waals surface area contributed by atoms with Gasteiger partial charge in [0, 0.05) is 31.5 Å². The Labute approximate surface area is 111 Å². The molecule has 4 atom stereocenters. The zero-order valence-corrected chi connectivity index (χ0v) is 12.3. The highest BCUT2D eigenvalue weighted by Gasteiger charge is 2.61. The summed E-state index contributed by atoms with van der Waals surface area (Å²) in [4.78, 5) is 14.4. The van der Waals surface area contributed by atoms with Gasteiger partial charge in [-0.15, -0.1) is 0 Å². The van der Waals surface area contributed by atoms with Gasteiger partial charge in [0.1, 0.15) is 5.78 Å². The maximum atomic E-state index is 11.7. The number of fused-ring (bicyclic) bond motifs is 2. The first-order valence-electron chi connectivity index (χ1n) is 7.61. The fourth-order valence-corrected chi connectivity index (χ4v) is 5.47. The maximum absolute atomic E-state index is 11.7. The van der Waals surface area contributed by atoms with Crippen LogP contribution in [0, 0.1) is 22.7 Å². The van der Waals surface area contributed by atoms with Gasteiger partial charge in [-0.2, -0.15) is 0 Å². The molecule has 0 aromatic carbocycles. The van der Waals surface area contributed by atoms with Crippen molar-refractivity contribution in [1.82, 2.24) is 4.90 Å². The van der Waals surface area contributed by atoms with Gasteiger partial charge in [-0.3, -0.25) is 9.69 Å². The van der Waals surface area contributed by atoms with Gasteiger partial charge in [0.05, 0.1) is 0 Å². The summed E-state index contributed by atoms with van der Waals surface area (Å²) in [5, 5.41) is 0. The molecule has 2 heteroatoms. The van der Waals surface area contributed by atoms with Crippen LogP contribution in [0.15, 0.2) is 0 Å². The molecule has 0 spiro atoms. The molecule has 3 fully saturated rings. The molecule has 0 aromatic heterocycles. The van der Waals surface area contributed by atoms with E-state index in [-0.39, 0.29) is 5.92 Å². The standard InChI is InChI=1S/C16H27NO/c1-11-10-17(8-6-13(11)18)14-15(2,3)12-5-7-16(14,4)9-12/h11-12,14H,5-10H2,1-4H3. The lowest BCUT2D eigenvalue weighted by molar-refractivity contribution is -0.128. The predicted octanol–water partition coefficient (Wildman–Crippen LogP) is 3.11. The normalized spacial score (nSPS) is 47.8. The highest BCUT2D eigenvalue weighted by atomic mass is 16.1. The van der Waals surface area contributed by atoms with Crippen molar-refractivity contribution >= 4 is 5.78 Å². The zero-order chi connectivity index (χ0) is 13.1. The lowest BCUT2D eigenvalue weighted by atomic mass is 9.67. The van der Waals surface area contributed by atoms with E-state index in [2.05, 4.69) is 32.6 Å². The number of carbonyl (C=O) groups is 1. The molecule has 3 rings (SSSR count). The smallest absolute Gasteiger partial charge is 0.138 e. The summed E-state index contributed by atoms with van der Waals surface area (Å²) < 4.78 is 0. The number of ketones is 1. The quantitative estimate of drug-likeness (QED) is 0.711. The van der Waals surface area contributed by atoms with E-state index < -0.39 is 0 Å². The Hall–Kier alpha value is -0.370. The molecular formula is C16H27NO. The van der Waals surface area contributed by atoms with Crippen molar-refractivity contribution in [2.75, 3.05) is 13.1 Å². The van der Waals surface area contributed by atoms with E-state index in [0.717, 1.165) is 25.4 Å². The first-order valence-corrected chi connectivity index (χ1v) is 7.61. The second-order valence-corrected chi connectivity index (χ2v) is 7.93. The van der Waals surface area contributed by atoms with Crippen LogP contribution in [0.5, 0.6) is 0 Å². The highest BCUT2D eigenvalue weighted by Crippen LogP contribution is 2.64. The van der Waals surface area contributed by atoms with E-state index in [9.17, 15) is 4.79 Å². The highest BCUT2D eigenvalue weighted by molar-refractivity contribution is 5.81. The molecule has 4 unspecified atom stereocenters. The molecule has 0 radical (unpaired) electrons. The van der Waals surface area contributed by atoms with E-state index in [1.807, 2.05) is 0 Å². The second kappa shape index (κ2) is 3.82. The minimum Gasteiger partial charge on any atom is -0.299 e. The fourth-order valence-electron chi connectivity index (χ4n) is 5.47. The number of hydrogen-bond donors (Lipinski definition) is 0. The van der Waals surface area contributed by atoms with Crippen molar-refractivity contribution in [3.8, 4) is 0 Å². The molecule has 2 aliphatic carbocycles. The van der Waals surface area contributed by atoms with Crippen LogP contribution in [0.3, 0.4) is 0 Å². The lowest BCUT2D eigenvalue weighted by Gasteiger charge is -2.50. The van der Waals surface area contributed by atoms with Crippen LogP contribution in [-0.2, 0) is 4.79 Å². The molecule has 1 saturated heterocycles. The zero-order valence-electron chi connectivity index (χ0n) is 12.3. The van der Waals surface area contributed by atoms with Crippen LogP contribution < -0.4 is 0 Å². The summed E-state index contributed by atoms with van der Waals surface area (Å²) in [6.07, 6.45) is 4.99. The number of hydrogen-bond acceptors (Lipinski definition) is 2. The van der Waals surface area contributed by atoms with Crippen molar-refractivity contribution in [2.24, 2.45) is 22.7 Å². The molecule has 3 aliphatic rings. The molecule has 2 nitrogen and oxygen atoms in total. The first kappa shape index (κ1) is 12.7. The van der Waals surface area contributed by atoms with Crippen molar-refractivity contribution in [2.45, 2.75) is 59.4 Å². The van der Waals surface area contributed by atoms with Gasteiger partial charge in [0.15, 0.2) is 0 Å². The molecule has 1 aliphatic heterocycles. The molecular weight excluding hydrogens is 222 g/mol. The average Bonchev–Trinajstić information content (AvgIpc) is 2.74. The van der Waals surface area contributed by atoms with Crippen molar-refractivity contribution in [1.29, 1.82) is 0 Å². The summed E-state index contributed by atoms with van der Waals surface area (Å²) in [6, 6.07) is 0.694. The third-order valence-corrected chi connectivity index (χ3v) is 6.26. The number of piperidine rings is 1. The van der Waals surface area contributed by atoms with Crippen molar-refractivity contribution in [3.63, 3.8) is 0 Å². The van der Waals surface area contributed by atoms with Crippen molar-refractivity contribution < 1.29 is 4.79 Å². The molecule has 2 bridgehead atoms. The summed E-state index contributed by atoms with van der Waals surface area (Å²) >= 11 is 0.